The highest BCUT2D eigenvalue weighted by atomic mass is 35.5. The second-order valence-corrected chi connectivity index (χ2v) is 6.16. The van der Waals surface area contributed by atoms with Crippen LogP contribution in [0.2, 0.25) is 5.15 Å². The van der Waals surface area contributed by atoms with Gasteiger partial charge >= 0.3 is 0 Å². The maximum Gasteiger partial charge on any atom is 0.252 e. The lowest BCUT2D eigenvalue weighted by Crippen LogP contribution is -2.34. The van der Waals surface area contributed by atoms with E-state index in [0.29, 0.717) is 22.4 Å². The van der Waals surface area contributed by atoms with Gasteiger partial charge in [-0.25, -0.2) is 9.97 Å². The third kappa shape index (κ3) is 3.32. The van der Waals surface area contributed by atoms with Crippen LogP contribution in [0.3, 0.4) is 0 Å². The lowest BCUT2D eigenvalue weighted by Gasteiger charge is -2.38. The van der Waals surface area contributed by atoms with E-state index in [9.17, 15) is 0 Å². The SMILES string of the molecule is CC1CC(Oc2nccnc2Cl)CC(C)(C)C1. The lowest BCUT2D eigenvalue weighted by molar-refractivity contribution is 0.0530. The maximum atomic E-state index is 5.95. The Balaban J connectivity index is 2.06. The summed E-state index contributed by atoms with van der Waals surface area (Å²) in [4.78, 5) is 8.11. The van der Waals surface area contributed by atoms with Crippen LogP contribution in [-0.2, 0) is 0 Å². The van der Waals surface area contributed by atoms with Crippen molar-refractivity contribution < 1.29 is 4.74 Å². The average Bonchev–Trinajstić information content (AvgIpc) is 2.18. The molecule has 1 aromatic heterocycles. The van der Waals surface area contributed by atoms with E-state index in [-0.39, 0.29) is 6.10 Å². The van der Waals surface area contributed by atoms with Crippen molar-refractivity contribution in [2.45, 2.75) is 46.1 Å². The van der Waals surface area contributed by atoms with Gasteiger partial charge in [-0.05, 0) is 30.6 Å². The third-order valence-corrected chi connectivity index (χ3v) is 3.51. The monoisotopic (exact) mass is 254 g/mol. The quantitative estimate of drug-likeness (QED) is 0.807. The number of nitrogens with zero attached hydrogens (tertiary/aromatic N) is 2. The molecular weight excluding hydrogens is 236 g/mol. The highest BCUT2D eigenvalue weighted by Crippen LogP contribution is 2.40. The topological polar surface area (TPSA) is 35.0 Å². The van der Waals surface area contributed by atoms with E-state index in [1.807, 2.05) is 0 Å². The van der Waals surface area contributed by atoms with E-state index in [1.165, 1.54) is 6.42 Å². The summed E-state index contributed by atoms with van der Waals surface area (Å²) in [7, 11) is 0. The average molecular weight is 255 g/mol. The van der Waals surface area contributed by atoms with Crippen LogP contribution >= 0.6 is 11.6 Å². The van der Waals surface area contributed by atoms with Crippen LogP contribution in [0.4, 0.5) is 0 Å². The van der Waals surface area contributed by atoms with Crippen LogP contribution in [0.1, 0.15) is 40.0 Å². The summed E-state index contributed by atoms with van der Waals surface area (Å²) in [6, 6.07) is 0. The van der Waals surface area contributed by atoms with Gasteiger partial charge in [0.25, 0.3) is 5.88 Å². The molecule has 94 valence electrons. The fourth-order valence-electron chi connectivity index (χ4n) is 2.89. The van der Waals surface area contributed by atoms with Gasteiger partial charge in [-0.15, -0.1) is 0 Å². The highest BCUT2D eigenvalue weighted by Gasteiger charge is 2.33. The van der Waals surface area contributed by atoms with Gasteiger partial charge in [-0.3, -0.25) is 0 Å². The molecule has 17 heavy (non-hydrogen) atoms. The molecular formula is C13H19ClN2O. The van der Waals surface area contributed by atoms with Crippen molar-refractivity contribution in [2.75, 3.05) is 0 Å². The van der Waals surface area contributed by atoms with E-state index in [4.69, 9.17) is 16.3 Å². The van der Waals surface area contributed by atoms with Crippen molar-refractivity contribution in [3.05, 3.63) is 17.5 Å². The minimum absolute atomic E-state index is 0.197. The van der Waals surface area contributed by atoms with Crippen LogP contribution in [0.5, 0.6) is 5.88 Å². The zero-order valence-electron chi connectivity index (χ0n) is 10.6. The van der Waals surface area contributed by atoms with Gasteiger partial charge in [-0.1, -0.05) is 32.4 Å². The Morgan fingerprint density at radius 1 is 1.29 bits per heavy atom. The Kier molecular flexibility index (Phi) is 3.57. The number of aromatic nitrogens is 2. The number of halogens is 1. The van der Waals surface area contributed by atoms with Crippen LogP contribution in [0, 0.1) is 11.3 Å². The molecule has 1 aliphatic rings. The molecule has 0 bridgehead atoms. The first-order chi connectivity index (χ1) is 7.96. The zero-order valence-corrected chi connectivity index (χ0v) is 11.4. The molecule has 1 heterocycles. The van der Waals surface area contributed by atoms with Crippen LogP contribution in [0.25, 0.3) is 0 Å². The smallest absolute Gasteiger partial charge is 0.252 e. The molecule has 1 aliphatic carbocycles. The molecule has 2 rings (SSSR count). The summed E-state index contributed by atoms with van der Waals surface area (Å²) in [5.41, 5.74) is 0.330. The normalized spacial score (nSPS) is 27.8. The van der Waals surface area contributed by atoms with Crippen molar-refractivity contribution >= 4 is 11.6 Å². The zero-order chi connectivity index (χ0) is 12.5. The Labute approximate surface area is 108 Å². The fourth-order valence-corrected chi connectivity index (χ4v) is 3.04. The predicted molar refractivity (Wildman–Crippen MR) is 68.3 cm³/mol. The molecule has 0 amide bonds. The first kappa shape index (κ1) is 12.6. The summed E-state index contributed by atoms with van der Waals surface area (Å²) in [5.74, 6) is 1.14. The summed E-state index contributed by atoms with van der Waals surface area (Å²) in [6.45, 7) is 6.85. The van der Waals surface area contributed by atoms with Crippen molar-refractivity contribution in [1.29, 1.82) is 0 Å². The second kappa shape index (κ2) is 4.81. The second-order valence-electron chi connectivity index (χ2n) is 5.81. The maximum absolute atomic E-state index is 5.95. The van der Waals surface area contributed by atoms with Crippen molar-refractivity contribution in [2.24, 2.45) is 11.3 Å². The van der Waals surface area contributed by atoms with Crippen LogP contribution < -0.4 is 4.74 Å². The molecule has 0 aromatic carbocycles. The van der Waals surface area contributed by atoms with E-state index >= 15 is 0 Å². The van der Waals surface area contributed by atoms with E-state index in [1.54, 1.807) is 12.4 Å². The van der Waals surface area contributed by atoms with Gasteiger partial charge in [0.2, 0.25) is 0 Å². The molecule has 4 heteroatoms. The number of rotatable bonds is 2. The van der Waals surface area contributed by atoms with E-state index < -0.39 is 0 Å². The third-order valence-electron chi connectivity index (χ3n) is 3.25. The number of hydrogen-bond acceptors (Lipinski definition) is 3. The Morgan fingerprint density at radius 3 is 2.65 bits per heavy atom. The molecule has 0 spiro atoms. The Bertz CT molecular complexity index is 395. The molecule has 0 saturated heterocycles. The van der Waals surface area contributed by atoms with Gasteiger partial charge < -0.3 is 4.74 Å². The van der Waals surface area contributed by atoms with Crippen molar-refractivity contribution in [3.8, 4) is 5.88 Å². The summed E-state index contributed by atoms with van der Waals surface area (Å²) in [5, 5.41) is 0.350. The van der Waals surface area contributed by atoms with E-state index in [0.717, 1.165) is 12.8 Å². The molecule has 1 saturated carbocycles. The Hall–Kier alpha value is -0.830. The van der Waals surface area contributed by atoms with Crippen molar-refractivity contribution in [1.82, 2.24) is 9.97 Å². The minimum Gasteiger partial charge on any atom is -0.472 e. The highest BCUT2D eigenvalue weighted by molar-refractivity contribution is 6.30. The molecule has 1 aromatic rings. The molecule has 0 aliphatic heterocycles. The largest absolute Gasteiger partial charge is 0.472 e. The predicted octanol–water partition coefficient (Wildman–Crippen LogP) is 3.72. The summed E-state index contributed by atoms with van der Waals surface area (Å²) >= 11 is 5.95. The van der Waals surface area contributed by atoms with Gasteiger partial charge in [0.05, 0.1) is 0 Å². The van der Waals surface area contributed by atoms with Crippen LogP contribution in [-0.4, -0.2) is 16.1 Å². The number of hydrogen-bond donors (Lipinski definition) is 0. The fraction of sp³-hybridized carbons (Fsp3) is 0.692. The molecule has 2 atom stereocenters. The van der Waals surface area contributed by atoms with Crippen LogP contribution in [0.15, 0.2) is 12.4 Å². The summed E-state index contributed by atoms with van der Waals surface area (Å²) in [6.07, 6.45) is 6.74. The first-order valence-corrected chi connectivity index (χ1v) is 6.47. The lowest BCUT2D eigenvalue weighted by atomic mass is 9.71. The first-order valence-electron chi connectivity index (χ1n) is 6.09. The standard InChI is InChI=1S/C13H19ClN2O/c1-9-6-10(8-13(2,3)7-9)17-12-11(14)15-4-5-16-12/h4-5,9-10H,6-8H2,1-3H3. The minimum atomic E-state index is 0.197. The van der Waals surface area contributed by atoms with E-state index in [2.05, 4.69) is 30.7 Å². The molecule has 2 unspecified atom stereocenters. The van der Waals surface area contributed by atoms with Gasteiger partial charge in [-0.2, -0.15) is 0 Å². The Morgan fingerprint density at radius 2 is 2.00 bits per heavy atom. The van der Waals surface area contributed by atoms with Crippen molar-refractivity contribution in [3.63, 3.8) is 0 Å². The molecule has 1 fully saturated rings. The van der Waals surface area contributed by atoms with Gasteiger partial charge in [0.15, 0.2) is 5.15 Å². The molecule has 0 N–H and O–H groups in total. The molecule has 3 nitrogen and oxygen atoms in total. The number of ether oxygens (including phenoxy) is 1. The molecule has 0 radical (unpaired) electrons. The van der Waals surface area contributed by atoms with Gasteiger partial charge in [0.1, 0.15) is 6.10 Å². The van der Waals surface area contributed by atoms with Gasteiger partial charge in [0, 0.05) is 12.4 Å². The summed E-state index contributed by atoms with van der Waals surface area (Å²) < 4.78 is 5.89.